The lowest BCUT2D eigenvalue weighted by atomic mass is 10.1. The summed E-state index contributed by atoms with van der Waals surface area (Å²) in [4.78, 5) is 8.49. The van der Waals surface area contributed by atoms with Gasteiger partial charge < -0.3 is 10.5 Å². The fourth-order valence-electron chi connectivity index (χ4n) is 1.21. The highest BCUT2D eigenvalue weighted by molar-refractivity contribution is 5.32. The number of anilines is 1. The van der Waals surface area contributed by atoms with Crippen LogP contribution in [0.3, 0.4) is 0 Å². The molecule has 0 bridgehead atoms. The molecule has 90 valence electrons. The first-order valence-corrected chi connectivity index (χ1v) is 5.83. The van der Waals surface area contributed by atoms with Crippen molar-refractivity contribution in [3.63, 3.8) is 0 Å². The maximum Gasteiger partial charge on any atom is 0.218 e. The molecule has 1 heterocycles. The van der Waals surface area contributed by atoms with Crippen LogP contribution < -0.4 is 10.5 Å². The van der Waals surface area contributed by atoms with Crippen molar-refractivity contribution >= 4 is 5.82 Å². The number of nitrogen functional groups attached to an aromatic ring is 1. The molecule has 0 aliphatic heterocycles. The maximum absolute atomic E-state index is 5.71. The molecule has 1 aromatic rings. The predicted octanol–water partition coefficient (Wildman–Crippen LogP) is 2.43. The number of nitrogens with zero attached hydrogens (tertiary/aromatic N) is 2. The van der Waals surface area contributed by atoms with E-state index in [0.717, 1.165) is 18.7 Å². The van der Waals surface area contributed by atoms with Crippen LogP contribution in [0, 0.1) is 5.92 Å². The quantitative estimate of drug-likeness (QED) is 0.832. The van der Waals surface area contributed by atoms with Gasteiger partial charge in [0.2, 0.25) is 5.88 Å². The summed E-state index contributed by atoms with van der Waals surface area (Å²) in [5.74, 6) is 2.26. The first-order chi connectivity index (χ1) is 7.52. The molecule has 0 fully saturated rings. The Labute approximate surface area is 97.2 Å². The molecule has 1 atom stereocenters. The lowest BCUT2D eigenvalue weighted by molar-refractivity contribution is 0.163. The maximum atomic E-state index is 5.71. The summed E-state index contributed by atoms with van der Waals surface area (Å²) in [5, 5.41) is 0. The molecule has 1 aromatic heterocycles. The van der Waals surface area contributed by atoms with E-state index in [1.807, 2.05) is 6.92 Å². The van der Waals surface area contributed by atoms with Crippen molar-refractivity contribution in [1.29, 1.82) is 0 Å². The molecule has 1 unspecified atom stereocenters. The Morgan fingerprint density at radius 3 is 2.56 bits per heavy atom. The Morgan fingerprint density at radius 2 is 2.00 bits per heavy atom. The molecule has 0 radical (unpaired) electrons. The first kappa shape index (κ1) is 12.7. The second-order valence-corrected chi connectivity index (χ2v) is 4.36. The zero-order valence-electron chi connectivity index (χ0n) is 10.5. The summed E-state index contributed by atoms with van der Waals surface area (Å²) >= 11 is 0. The van der Waals surface area contributed by atoms with E-state index in [1.165, 1.54) is 0 Å². The van der Waals surface area contributed by atoms with Crippen LogP contribution in [-0.2, 0) is 6.42 Å². The third-order valence-corrected chi connectivity index (χ3v) is 2.49. The van der Waals surface area contributed by atoms with Crippen LogP contribution in [0.5, 0.6) is 5.88 Å². The molecule has 0 spiro atoms. The zero-order valence-corrected chi connectivity index (χ0v) is 10.5. The molecule has 0 saturated heterocycles. The van der Waals surface area contributed by atoms with Gasteiger partial charge in [-0.15, -0.1) is 0 Å². The Morgan fingerprint density at radius 1 is 1.31 bits per heavy atom. The van der Waals surface area contributed by atoms with Crippen LogP contribution in [0.2, 0.25) is 0 Å². The van der Waals surface area contributed by atoms with Gasteiger partial charge in [-0.25, -0.2) is 4.98 Å². The van der Waals surface area contributed by atoms with E-state index < -0.39 is 0 Å². The highest BCUT2D eigenvalue weighted by Crippen LogP contribution is 2.16. The van der Waals surface area contributed by atoms with Gasteiger partial charge in [-0.05, 0) is 19.3 Å². The average molecular weight is 223 g/mol. The average Bonchev–Trinajstić information content (AvgIpc) is 2.16. The van der Waals surface area contributed by atoms with Crippen molar-refractivity contribution in [2.24, 2.45) is 5.92 Å². The van der Waals surface area contributed by atoms with Gasteiger partial charge >= 0.3 is 0 Å². The van der Waals surface area contributed by atoms with E-state index in [1.54, 1.807) is 6.07 Å². The normalized spacial score (nSPS) is 12.8. The Bertz CT molecular complexity index is 339. The standard InChI is InChI=1S/C12H21N3O/c1-5-6-11-14-10(13)7-12(15-11)16-9(4)8(2)3/h7-9H,5-6H2,1-4H3,(H2,13,14,15). The highest BCUT2D eigenvalue weighted by atomic mass is 16.5. The molecular formula is C12H21N3O. The largest absolute Gasteiger partial charge is 0.474 e. The van der Waals surface area contributed by atoms with E-state index in [9.17, 15) is 0 Å². The minimum Gasteiger partial charge on any atom is -0.474 e. The smallest absolute Gasteiger partial charge is 0.218 e. The van der Waals surface area contributed by atoms with Crippen molar-refractivity contribution in [2.45, 2.75) is 46.6 Å². The van der Waals surface area contributed by atoms with Gasteiger partial charge in [0.15, 0.2) is 0 Å². The minimum atomic E-state index is 0.128. The fraction of sp³-hybridized carbons (Fsp3) is 0.667. The number of aryl methyl sites for hydroxylation is 1. The van der Waals surface area contributed by atoms with Gasteiger partial charge in [-0.2, -0.15) is 4.98 Å². The van der Waals surface area contributed by atoms with Gasteiger partial charge in [0.25, 0.3) is 0 Å². The summed E-state index contributed by atoms with van der Waals surface area (Å²) in [6.45, 7) is 8.34. The highest BCUT2D eigenvalue weighted by Gasteiger charge is 2.11. The van der Waals surface area contributed by atoms with E-state index >= 15 is 0 Å². The van der Waals surface area contributed by atoms with Crippen LogP contribution in [0.15, 0.2) is 6.07 Å². The van der Waals surface area contributed by atoms with Crippen LogP contribution in [0.1, 0.15) is 39.9 Å². The molecule has 0 aromatic carbocycles. The molecule has 0 aliphatic carbocycles. The van der Waals surface area contributed by atoms with E-state index in [0.29, 0.717) is 17.6 Å². The third-order valence-electron chi connectivity index (χ3n) is 2.49. The van der Waals surface area contributed by atoms with Crippen molar-refractivity contribution in [2.75, 3.05) is 5.73 Å². The molecule has 4 heteroatoms. The molecule has 1 rings (SSSR count). The predicted molar refractivity (Wildman–Crippen MR) is 65.4 cm³/mol. The first-order valence-electron chi connectivity index (χ1n) is 5.83. The lowest BCUT2D eigenvalue weighted by Crippen LogP contribution is -2.19. The summed E-state index contributed by atoms with van der Waals surface area (Å²) in [6.07, 6.45) is 1.96. The number of ether oxygens (including phenoxy) is 1. The number of nitrogens with two attached hydrogens (primary N) is 1. The van der Waals surface area contributed by atoms with Crippen LogP contribution in [-0.4, -0.2) is 16.1 Å². The zero-order chi connectivity index (χ0) is 12.1. The Kier molecular flexibility index (Phi) is 4.52. The summed E-state index contributed by atoms with van der Waals surface area (Å²) in [5.41, 5.74) is 5.71. The van der Waals surface area contributed by atoms with Crippen LogP contribution >= 0.6 is 0 Å². The number of hydrogen-bond acceptors (Lipinski definition) is 4. The minimum absolute atomic E-state index is 0.128. The Hall–Kier alpha value is -1.32. The summed E-state index contributed by atoms with van der Waals surface area (Å²) in [6, 6.07) is 1.68. The summed E-state index contributed by atoms with van der Waals surface area (Å²) < 4.78 is 5.71. The van der Waals surface area contributed by atoms with Crippen molar-refractivity contribution < 1.29 is 4.74 Å². The molecule has 0 saturated carbocycles. The topological polar surface area (TPSA) is 61.0 Å². The van der Waals surface area contributed by atoms with Crippen molar-refractivity contribution in [1.82, 2.24) is 9.97 Å². The lowest BCUT2D eigenvalue weighted by Gasteiger charge is -2.17. The van der Waals surface area contributed by atoms with E-state index in [2.05, 4.69) is 30.7 Å². The van der Waals surface area contributed by atoms with Crippen molar-refractivity contribution in [3.8, 4) is 5.88 Å². The van der Waals surface area contributed by atoms with Gasteiger partial charge in [-0.3, -0.25) is 0 Å². The molecule has 4 nitrogen and oxygen atoms in total. The van der Waals surface area contributed by atoms with Crippen LogP contribution in [0.25, 0.3) is 0 Å². The SMILES string of the molecule is CCCc1nc(N)cc(OC(C)C(C)C)n1. The molecule has 0 aliphatic rings. The van der Waals surface area contributed by atoms with E-state index in [-0.39, 0.29) is 6.10 Å². The van der Waals surface area contributed by atoms with Gasteiger partial charge in [-0.1, -0.05) is 20.8 Å². The molecule has 0 amide bonds. The number of aromatic nitrogens is 2. The second-order valence-electron chi connectivity index (χ2n) is 4.36. The van der Waals surface area contributed by atoms with E-state index in [4.69, 9.17) is 10.5 Å². The number of rotatable bonds is 5. The molecule has 2 N–H and O–H groups in total. The second kappa shape index (κ2) is 5.68. The number of hydrogen-bond donors (Lipinski definition) is 1. The Balaban J connectivity index is 2.79. The van der Waals surface area contributed by atoms with Gasteiger partial charge in [0.05, 0.1) is 6.10 Å². The molecular weight excluding hydrogens is 202 g/mol. The third kappa shape index (κ3) is 3.68. The molecule has 16 heavy (non-hydrogen) atoms. The monoisotopic (exact) mass is 223 g/mol. The fourth-order valence-corrected chi connectivity index (χ4v) is 1.21. The van der Waals surface area contributed by atoms with Crippen LogP contribution in [0.4, 0.5) is 5.82 Å². The van der Waals surface area contributed by atoms with Gasteiger partial charge in [0, 0.05) is 12.5 Å². The summed E-state index contributed by atoms with van der Waals surface area (Å²) in [7, 11) is 0. The van der Waals surface area contributed by atoms with Gasteiger partial charge in [0.1, 0.15) is 11.6 Å². The van der Waals surface area contributed by atoms with Crippen molar-refractivity contribution in [3.05, 3.63) is 11.9 Å².